The van der Waals surface area contributed by atoms with Crippen LogP contribution in [0.3, 0.4) is 0 Å². The smallest absolute Gasteiger partial charge is 0.255 e. The Hall–Kier alpha value is -2.18. The summed E-state index contributed by atoms with van der Waals surface area (Å²) in [5.74, 6) is -0.280. The zero-order valence-electron chi connectivity index (χ0n) is 15.2. The van der Waals surface area contributed by atoms with Crippen LogP contribution in [-0.2, 0) is 15.4 Å². The molecule has 2 rings (SSSR count). The van der Waals surface area contributed by atoms with Crippen molar-refractivity contribution in [1.29, 1.82) is 0 Å². The summed E-state index contributed by atoms with van der Waals surface area (Å²) in [6.07, 6.45) is 0. The van der Waals surface area contributed by atoms with E-state index in [-0.39, 0.29) is 16.2 Å². The van der Waals surface area contributed by atoms with E-state index < -0.39 is 10.0 Å². The molecule has 0 aliphatic carbocycles. The maximum Gasteiger partial charge on any atom is 0.255 e. The second-order valence-corrected chi connectivity index (χ2v) is 9.25. The molecule has 0 radical (unpaired) electrons. The van der Waals surface area contributed by atoms with Crippen molar-refractivity contribution in [2.24, 2.45) is 0 Å². The van der Waals surface area contributed by atoms with E-state index in [1.54, 1.807) is 0 Å². The summed E-state index contributed by atoms with van der Waals surface area (Å²) in [6, 6.07) is 13.6. The van der Waals surface area contributed by atoms with E-state index in [0.717, 1.165) is 4.31 Å². The van der Waals surface area contributed by atoms with Gasteiger partial charge in [0.2, 0.25) is 10.0 Å². The van der Waals surface area contributed by atoms with Gasteiger partial charge >= 0.3 is 0 Å². The van der Waals surface area contributed by atoms with Crippen molar-refractivity contribution >= 4 is 21.6 Å². The van der Waals surface area contributed by atoms with Crippen LogP contribution in [-0.4, -0.2) is 32.7 Å². The van der Waals surface area contributed by atoms with Crippen LogP contribution in [0.2, 0.25) is 0 Å². The quantitative estimate of drug-likeness (QED) is 0.908. The van der Waals surface area contributed by atoms with Crippen molar-refractivity contribution in [3.8, 4) is 0 Å². The fraction of sp³-hybridized carbons (Fsp3) is 0.316. The predicted octanol–water partition coefficient (Wildman–Crippen LogP) is 3.49. The monoisotopic (exact) mass is 360 g/mol. The largest absolute Gasteiger partial charge is 0.322 e. The number of benzene rings is 2. The first-order valence-electron chi connectivity index (χ1n) is 7.96. The van der Waals surface area contributed by atoms with Gasteiger partial charge in [-0.3, -0.25) is 4.79 Å². The van der Waals surface area contributed by atoms with Crippen LogP contribution in [0, 0.1) is 0 Å². The Morgan fingerprint density at radius 2 is 1.44 bits per heavy atom. The van der Waals surface area contributed by atoms with Gasteiger partial charge in [-0.05, 0) is 47.4 Å². The first-order chi connectivity index (χ1) is 11.5. The van der Waals surface area contributed by atoms with E-state index >= 15 is 0 Å². The molecule has 0 bridgehead atoms. The first-order valence-corrected chi connectivity index (χ1v) is 9.40. The minimum absolute atomic E-state index is 0.0519. The van der Waals surface area contributed by atoms with Crippen molar-refractivity contribution in [3.63, 3.8) is 0 Å². The van der Waals surface area contributed by atoms with Gasteiger partial charge in [-0.15, -0.1) is 0 Å². The summed E-state index contributed by atoms with van der Waals surface area (Å²) in [7, 11) is -0.557. The summed E-state index contributed by atoms with van der Waals surface area (Å²) in [5.41, 5.74) is 2.33. The van der Waals surface area contributed by atoms with E-state index in [4.69, 9.17) is 0 Å². The lowest BCUT2D eigenvalue weighted by molar-refractivity contribution is 0.102. The fourth-order valence-electron chi connectivity index (χ4n) is 2.25. The molecular formula is C19H24N2O3S. The molecule has 1 amide bonds. The third kappa shape index (κ3) is 4.46. The summed E-state index contributed by atoms with van der Waals surface area (Å²) < 4.78 is 25.2. The van der Waals surface area contributed by atoms with Gasteiger partial charge in [-0.2, -0.15) is 0 Å². The zero-order valence-corrected chi connectivity index (χ0v) is 16.0. The Bertz CT molecular complexity index is 847. The van der Waals surface area contributed by atoms with E-state index in [9.17, 15) is 13.2 Å². The van der Waals surface area contributed by atoms with E-state index in [1.807, 2.05) is 24.3 Å². The number of nitrogens with zero attached hydrogens (tertiary/aromatic N) is 1. The summed E-state index contributed by atoms with van der Waals surface area (Å²) >= 11 is 0. The number of rotatable bonds is 4. The first kappa shape index (κ1) is 19.1. The standard InChI is InChI=1S/C19H24N2O3S/c1-19(2,3)15-8-10-16(11-9-15)20-18(22)14-6-12-17(13-7-14)25(23,24)21(4)5/h6-13H,1-5H3,(H,20,22). The lowest BCUT2D eigenvalue weighted by atomic mass is 9.87. The molecule has 1 N–H and O–H groups in total. The number of carbonyl (C=O) groups is 1. The van der Waals surface area contributed by atoms with Crippen LogP contribution in [0.15, 0.2) is 53.4 Å². The zero-order chi connectivity index (χ0) is 18.8. The summed E-state index contributed by atoms with van der Waals surface area (Å²) in [6.45, 7) is 6.39. The number of hydrogen-bond donors (Lipinski definition) is 1. The molecule has 0 saturated carbocycles. The van der Waals surface area contributed by atoms with Crippen molar-refractivity contribution in [3.05, 3.63) is 59.7 Å². The molecule has 2 aromatic carbocycles. The normalized spacial score (nSPS) is 12.2. The van der Waals surface area contributed by atoms with Gasteiger partial charge in [0.1, 0.15) is 0 Å². The third-order valence-corrected chi connectivity index (χ3v) is 5.73. The highest BCUT2D eigenvalue weighted by atomic mass is 32.2. The summed E-state index contributed by atoms with van der Waals surface area (Å²) in [4.78, 5) is 12.5. The number of hydrogen-bond acceptors (Lipinski definition) is 3. The van der Waals surface area contributed by atoms with Crippen molar-refractivity contribution < 1.29 is 13.2 Å². The Morgan fingerprint density at radius 1 is 0.920 bits per heavy atom. The Labute approximate surface area is 149 Å². The molecule has 0 heterocycles. The molecule has 0 aliphatic heterocycles. The maximum absolute atomic E-state index is 12.3. The lowest BCUT2D eigenvalue weighted by Crippen LogP contribution is -2.22. The highest BCUT2D eigenvalue weighted by molar-refractivity contribution is 7.89. The SMILES string of the molecule is CN(C)S(=O)(=O)c1ccc(C(=O)Nc2ccc(C(C)(C)C)cc2)cc1. The summed E-state index contributed by atoms with van der Waals surface area (Å²) in [5, 5.41) is 2.82. The van der Waals surface area contributed by atoms with Gasteiger partial charge in [-0.1, -0.05) is 32.9 Å². The number of carbonyl (C=O) groups excluding carboxylic acids is 1. The highest BCUT2D eigenvalue weighted by Gasteiger charge is 2.18. The predicted molar refractivity (Wildman–Crippen MR) is 100 cm³/mol. The molecule has 6 heteroatoms. The minimum atomic E-state index is -3.50. The topological polar surface area (TPSA) is 66.5 Å². The van der Waals surface area contributed by atoms with Crippen molar-refractivity contribution in [2.45, 2.75) is 31.1 Å². The van der Waals surface area contributed by atoms with Crippen LogP contribution in [0.4, 0.5) is 5.69 Å². The molecule has 0 fully saturated rings. The third-order valence-electron chi connectivity index (χ3n) is 3.90. The molecular weight excluding hydrogens is 336 g/mol. The maximum atomic E-state index is 12.3. The van der Waals surface area contributed by atoms with Gasteiger partial charge < -0.3 is 5.32 Å². The number of sulfonamides is 1. The highest BCUT2D eigenvalue weighted by Crippen LogP contribution is 2.23. The molecule has 134 valence electrons. The average molecular weight is 360 g/mol. The Balaban J connectivity index is 2.14. The number of nitrogens with one attached hydrogen (secondary N) is 1. The van der Waals surface area contributed by atoms with E-state index in [1.165, 1.54) is 43.9 Å². The Morgan fingerprint density at radius 3 is 1.88 bits per heavy atom. The lowest BCUT2D eigenvalue weighted by Gasteiger charge is -2.19. The fourth-order valence-corrected chi connectivity index (χ4v) is 3.15. The van der Waals surface area contributed by atoms with Gasteiger partial charge in [0.25, 0.3) is 5.91 Å². The number of anilines is 1. The Kier molecular flexibility index (Phi) is 5.34. The van der Waals surface area contributed by atoms with E-state index in [2.05, 4.69) is 26.1 Å². The van der Waals surface area contributed by atoms with Crippen LogP contribution < -0.4 is 5.32 Å². The second-order valence-electron chi connectivity index (χ2n) is 7.09. The van der Waals surface area contributed by atoms with Gasteiger partial charge in [0, 0.05) is 25.3 Å². The van der Waals surface area contributed by atoms with Crippen LogP contribution in [0.1, 0.15) is 36.7 Å². The van der Waals surface area contributed by atoms with Crippen molar-refractivity contribution in [2.75, 3.05) is 19.4 Å². The average Bonchev–Trinajstić information content (AvgIpc) is 2.54. The van der Waals surface area contributed by atoms with Crippen LogP contribution in [0.25, 0.3) is 0 Å². The van der Waals surface area contributed by atoms with E-state index in [0.29, 0.717) is 11.3 Å². The molecule has 25 heavy (non-hydrogen) atoms. The van der Waals surface area contributed by atoms with Crippen LogP contribution >= 0.6 is 0 Å². The molecule has 5 nitrogen and oxygen atoms in total. The van der Waals surface area contributed by atoms with Gasteiger partial charge in [-0.25, -0.2) is 12.7 Å². The molecule has 0 aromatic heterocycles. The minimum Gasteiger partial charge on any atom is -0.322 e. The molecule has 0 saturated heterocycles. The molecule has 0 atom stereocenters. The molecule has 0 unspecified atom stereocenters. The van der Waals surface area contributed by atoms with Crippen LogP contribution in [0.5, 0.6) is 0 Å². The molecule has 0 aliphatic rings. The molecule has 2 aromatic rings. The molecule has 0 spiro atoms. The number of amides is 1. The van der Waals surface area contributed by atoms with Crippen molar-refractivity contribution in [1.82, 2.24) is 4.31 Å². The van der Waals surface area contributed by atoms with Gasteiger partial charge in [0.15, 0.2) is 0 Å². The van der Waals surface area contributed by atoms with Gasteiger partial charge in [0.05, 0.1) is 4.90 Å². The second kappa shape index (κ2) is 6.98.